The zero-order valence-electron chi connectivity index (χ0n) is 12.9. The Morgan fingerprint density at radius 1 is 0.875 bits per heavy atom. The van der Waals surface area contributed by atoms with Crippen molar-refractivity contribution in [2.24, 2.45) is 0 Å². The third-order valence-corrected chi connectivity index (χ3v) is 3.98. The monoisotopic (exact) mass is 319 g/mol. The van der Waals surface area contributed by atoms with Crippen molar-refractivity contribution in [3.05, 3.63) is 59.7 Å². The van der Waals surface area contributed by atoms with Crippen LogP contribution in [-0.2, 0) is 0 Å². The SMILES string of the molecule is CCN1C(=O)c2ccc(-c3nnc(-c4ccccc4)o3)cc2C1=O. The normalized spacial score (nSPS) is 13.5. The van der Waals surface area contributed by atoms with Crippen molar-refractivity contribution >= 4 is 11.8 Å². The molecule has 4 rings (SSSR count). The molecule has 0 saturated carbocycles. The number of fused-ring (bicyclic) bond motifs is 1. The summed E-state index contributed by atoms with van der Waals surface area (Å²) >= 11 is 0. The number of carbonyl (C=O) groups excluding carboxylic acids is 2. The van der Waals surface area contributed by atoms with Gasteiger partial charge in [-0.2, -0.15) is 0 Å². The van der Waals surface area contributed by atoms with Gasteiger partial charge in [0.25, 0.3) is 11.8 Å². The van der Waals surface area contributed by atoms with Crippen LogP contribution >= 0.6 is 0 Å². The molecule has 1 aromatic heterocycles. The molecule has 0 spiro atoms. The van der Waals surface area contributed by atoms with Gasteiger partial charge < -0.3 is 4.42 Å². The van der Waals surface area contributed by atoms with Crippen molar-refractivity contribution in [1.82, 2.24) is 15.1 Å². The molecule has 0 aliphatic carbocycles. The third-order valence-electron chi connectivity index (χ3n) is 3.98. The first-order chi connectivity index (χ1) is 11.7. The number of aromatic nitrogens is 2. The Bertz CT molecular complexity index is 947. The van der Waals surface area contributed by atoms with E-state index in [1.54, 1.807) is 25.1 Å². The van der Waals surface area contributed by atoms with E-state index < -0.39 is 0 Å². The van der Waals surface area contributed by atoms with Gasteiger partial charge in [-0.1, -0.05) is 18.2 Å². The summed E-state index contributed by atoms with van der Waals surface area (Å²) in [5.74, 6) is 0.164. The van der Waals surface area contributed by atoms with Crippen molar-refractivity contribution in [1.29, 1.82) is 0 Å². The molecule has 3 aromatic rings. The smallest absolute Gasteiger partial charge is 0.261 e. The second-order valence-electron chi connectivity index (χ2n) is 5.39. The molecule has 0 N–H and O–H groups in total. The first kappa shape index (κ1) is 14.3. The Morgan fingerprint density at radius 2 is 1.54 bits per heavy atom. The molecule has 1 aliphatic rings. The summed E-state index contributed by atoms with van der Waals surface area (Å²) in [5.41, 5.74) is 2.22. The highest BCUT2D eigenvalue weighted by molar-refractivity contribution is 6.21. The van der Waals surface area contributed by atoms with Crippen LogP contribution < -0.4 is 0 Å². The standard InChI is InChI=1S/C18H13N3O3/c1-2-21-17(22)13-9-8-12(10-14(13)18(21)23)16-20-19-15(24-16)11-6-4-3-5-7-11/h3-10H,2H2,1H3. The number of amides is 2. The van der Waals surface area contributed by atoms with E-state index in [9.17, 15) is 9.59 Å². The van der Waals surface area contributed by atoms with Crippen LogP contribution in [0.1, 0.15) is 27.6 Å². The molecule has 0 fully saturated rings. The lowest BCUT2D eigenvalue weighted by molar-refractivity contribution is 0.0663. The molecule has 24 heavy (non-hydrogen) atoms. The van der Waals surface area contributed by atoms with E-state index in [1.807, 2.05) is 30.3 Å². The first-order valence-corrected chi connectivity index (χ1v) is 7.58. The molecule has 6 nitrogen and oxygen atoms in total. The second-order valence-corrected chi connectivity index (χ2v) is 5.39. The van der Waals surface area contributed by atoms with Gasteiger partial charge in [0.1, 0.15) is 0 Å². The summed E-state index contributed by atoms with van der Waals surface area (Å²) < 4.78 is 5.70. The molecule has 0 unspecified atom stereocenters. The zero-order chi connectivity index (χ0) is 16.7. The molecule has 0 bridgehead atoms. The Balaban J connectivity index is 1.73. The van der Waals surface area contributed by atoms with Crippen LogP contribution in [0.5, 0.6) is 0 Å². The summed E-state index contributed by atoms with van der Waals surface area (Å²) in [6.07, 6.45) is 0. The third kappa shape index (κ3) is 2.11. The fourth-order valence-electron chi connectivity index (χ4n) is 2.75. The van der Waals surface area contributed by atoms with Gasteiger partial charge >= 0.3 is 0 Å². The molecule has 2 amide bonds. The number of imide groups is 1. The molecule has 1 aliphatic heterocycles. The van der Waals surface area contributed by atoms with Crippen LogP contribution in [0.2, 0.25) is 0 Å². The fourth-order valence-corrected chi connectivity index (χ4v) is 2.75. The van der Waals surface area contributed by atoms with Gasteiger partial charge in [0, 0.05) is 17.7 Å². The van der Waals surface area contributed by atoms with Crippen LogP contribution in [0.15, 0.2) is 52.9 Å². The maximum atomic E-state index is 12.3. The Labute approximate surface area is 137 Å². The van der Waals surface area contributed by atoms with E-state index >= 15 is 0 Å². The largest absolute Gasteiger partial charge is 0.416 e. The van der Waals surface area contributed by atoms with Gasteiger partial charge in [-0.15, -0.1) is 10.2 Å². The Kier molecular flexibility index (Phi) is 3.23. The molecule has 2 aromatic carbocycles. The highest BCUT2D eigenvalue weighted by Crippen LogP contribution is 2.29. The number of carbonyl (C=O) groups is 2. The van der Waals surface area contributed by atoms with Crippen LogP contribution in [-0.4, -0.2) is 33.5 Å². The minimum atomic E-state index is -0.290. The predicted molar refractivity (Wildman–Crippen MR) is 86.2 cm³/mol. The van der Waals surface area contributed by atoms with Crippen molar-refractivity contribution in [2.75, 3.05) is 6.54 Å². The van der Waals surface area contributed by atoms with Gasteiger partial charge in [-0.25, -0.2) is 0 Å². The van der Waals surface area contributed by atoms with Crippen molar-refractivity contribution in [3.8, 4) is 22.9 Å². The first-order valence-electron chi connectivity index (χ1n) is 7.58. The summed E-state index contributed by atoms with van der Waals surface area (Å²) in [4.78, 5) is 25.6. The number of benzene rings is 2. The van der Waals surface area contributed by atoms with Gasteiger partial charge in [0.2, 0.25) is 11.8 Å². The molecule has 2 heterocycles. The molecule has 0 atom stereocenters. The highest BCUT2D eigenvalue weighted by atomic mass is 16.4. The second kappa shape index (κ2) is 5.42. The minimum absolute atomic E-state index is 0.264. The summed E-state index contributed by atoms with van der Waals surface area (Å²) in [5, 5.41) is 8.09. The Morgan fingerprint density at radius 3 is 2.25 bits per heavy atom. The quantitative estimate of drug-likeness (QED) is 0.694. The van der Waals surface area contributed by atoms with E-state index in [0.29, 0.717) is 35.0 Å². The zero-order valence-corrected chi connectivity index (χ0v) is 12.9. The summed E-state index contributed by atoms with van der Waals surface area (Å²) in [7, 11) is 0. The van der Waals surface area contributed by atoms with Gasteiger partial charge in [-0.05, 0) is 37.3 Å². The van der Waals surface area contributed by atoms with Crippen LogP contribution in [0.4, 0.5) is 0 Å². The number of hydrogen-bond acceptors (Lipinski definition) is 5. The van der Waals surface area contributed by atoms with Crippen molar-refractivity contribution in [2.45, 2.75) is 6.92 Å². The average Bonchev–Trinajstić information content (AvgIpc) is 3.20. The van der Waals surface area contributed by atoms with Crippen molar-refractivity contribution < 1.29 is 14.0 Å². The molecule has 0 radical (unpaired) electrons. The molecular formula is C18H13N3O3. The molecule has 0 saturated heterocycles. The average molecular weight is 319 g/mol. The number of nitrogens with zero attached hydrogens (tertiary/aromatic N) is 3. The topological polar surface area (TPSA) is 76.3 Å². The van der Waals surface area contributed by atoms with Crippen LogP contribution in [0, 0.1) is 0 Å². The van der Waals surface area contributed by atoms with E-state index in [-0.39, 0.29) is 11.8 Å². The van der Waals surface area contributed by atoms with Gasteiger partial charge in [0.15, 0.2) is 0 Å². The fraction of sp³-hybridized carbons (Fsp3) is 0.111. The molecule has 6 heteroatoms. The molecular weight excluding hydrogens is 306 g/mol. The Hall–Kier alpha value is -3.28. The van der Waals surface area contributed by atoms with Gasteiger partial charge in [0.05, 0.1) is 11.1 Å². The molecule has 118 valence electrons. The summed E-state index contributed by atoms with van der Waals surface area (Å²) in [6.45, 7) is 2.12. The minimum Gasteiger partial charge on any atom is -0.416 e. The number of rotatable bonds is 3. The lowest BCUT2D eigenvalue weighted by Gasteiger charge is -2.08. The maximum Gasteiger partial charge on any atom is 0.261 e. The van der Waals surface area contributed by atoms with Crippen LogP contribution in [0.25, 0.3) is 22.9 Å². The lowest BCUT2D eigenvalue weighted by atomic mass is 10.1. The number of hydrogen-bond donors (Lipinski definition) is 0. The van der Waals surface area contributed by atoms with E-state index in [4.69, 9.17) is 4.42 Å². The predicted octanol–water partition coefficient (Wildman–Crippen LogP) is 3.02. The van der Waals surface area contributed by atoms with Gasteiger partial charge in [-0.3, -0.25) is 14.5 Å². The van der Waals surface area contributed by atoms with Crippen LogP contribution in [0.3, 0.4) is 0 Å². The lowest BCUT2D eigenvalue weighted by Crippen LogP contribution is -2.29. The van der Waals surface area contributed by atoms with E-state index in [0.717, 1.165) is 5.56 Å². The highest BCUT2D eigenvalue weighted by Gasteiger charge is 2.34. The van der Waals surface area contributed by atoms with E-state index in [1.165, 1.54) is 4.90 Å². The maximum absolute atomic E-state index is 12.3. The van der Waals surface area contributed by atoms with Crippen molar-refractivity contribution in [3.63, 3.8) is 0 Å². The summed E-state index contributed by atoms with van der Waals surface area (Å²) in [6, 6.07) is 14.4. The van der Waals surface area contributed by atoms with E-state index in [2.05, 4.69) is 10.2 Å².